The maximum Gasteiger partial charge on any atom is 0.318 e. The molecule has 0 saturated heterocycles. The predicted molar refractivity (Wildman–Crippen MR) is 26.7 cm³/mol. The molecule has 0 aromatic heterocycles. The Labute approximate surface area is 47.8 Å². The summed E-state index contributed by atoms with van der Waals surface area (Å²) in [5, 5.41) is 0. The fraction of sp³-hybridized carbons (Fsp3) is 0.600. The summed E-state index contributed by atoms with van der Waals surface area (Å²) in [4.78, 5) is 0. The molecule has 0 aliphatic carbocycles. The number of rotatable bonds is 1. The second-order valence-electron chi connectivity index (χ2n) is 1.46. The van der Waals surface area contributed by atoms with E-state index in [0.717, 1.165) is 0 Å². The lowest BCUT2D eigenvalue weighted by Gasteiger charge is -2.02. The van der Waals surface area contributed by atoms with Crippen LogP contribution in [0, 0.1) is 0 Å². The maximum absolute atomic E-state index is 4.93. The Hall–Kier alpha value is -0.860. The Morgan fingerprint density at radius 1 is 1.75 bits per heavy atom. The van der Waals surface area contributed by atoms with Gasteiger partial charge >= 0.3 is 5.95 Å². The molecule has 1 atom stereocenters. The zero-order valence-corrected chi connectivity index (χ0v) is 4.88. The van der Waals surface area contributed by atoms with Crippen LogP contribution in [-0.2, 0) is 14.2 Å². The highest BCUT2D eigenvalue weighted by atomic mass is 16.8. The van der Waals surface area contributed by atoms with Gasteiger partial charge < -0.3 is 14.2 Å². The van der Waals surface area contributed by atoms with E-state index in [1.54, 1.807) is 6.92 Å². The Morgan fingerprint density at radius 3 is 2.75 bits per heavy atom. The smallest absolute Gasteiger partial charge is 0.318 e. The normalized spacial score (nSPS) is 25.8. The van der Waals surface area contributed by atoms with E-state index in [9.17, 15) is 0 Å². The highest BCUT2D eigenvalue weighted by Gasteiger charge is 2.12. The molecule has 0 bridgehead atoms. The molecule has 0 aromatic rings. The van der Waals surface area contributed by atoms with Crippen molar-refractivity contribution in [1.82, 2.24) is 0 Å². The third-order valence-corrected chi connectivity index (χ3v) is 0.839. The van der Waals surface area contributed by atoms with Crippen LogP contribution < -0.4 is 0 Å². The van der Waals surface area contributed by atoms with Crippen molar-refractivity contribution in [3.8, 4) is 0 Å². The molecular formula is C5H8O3. The molecule has 0 aromatic carbocycles. The lowest BCUT2D eigenvalue weighted by atomic mass is 10.8. The molecule has 3 heteroatoms. The fourth-order valence-corrected chi connectivity index (χ4v) is 0.467. The van der Waals surface area contributed by atoms with Crippen molar-refractivity contribution < 1.29 is 14.2 Å². The van der Waals surface area contributed by atoms with Crippen molar-refractivity contribution in [2.24, 2.45) is 0 Å². The monoisotopic (exact) mass is 116 g/mol. The van der Waals surface area contributed by atoms with Crippen molar-refractivity contribution in [3.05, 3.63) is 12.2 Å². The van der Waals surface area contributed by atoms with E-state index < -0.39 is 0 Å². The van der Waals surface area contributed by atoms with Gasteiger partial charge in [-0.25, -0.2) is 0 Å². The molecular weight excluding hydrogens is 108 g/mol. The SMILES string of the molecule is COC1=COC(C)O1. The van der Waals surface area contributed by atoms with Crippen LogP contribution in [-0.4, -0.2) is 13.4 Å². The third-order valence-electron chi connectivity index (χ3n) is 0.839. The summed E-state index contributed by atoms with van der Waals surface area (Å²) >= 11 is 0. The predicted octanol–water partition coefficient (Wildman–Crippen LogP) is 0.825. The molecule has 8 heavy (non-hydrogen) atoms. The van der Waals surface area contributed by atoms with Crippen molar-refractivity contribution in [3.63, 3.8) is 0 Å². The van der Waals surface area contributed by atoms with Gasteiger partial charge in [0.05, 0.1) is 7.11 Å². The third kappa shape index (κ3) is 0.857. The standard InChI is InChI=1S/C5H8O3/c1-4-7-3-5(6-2)8-4/h3-4H,1-2H3. The molecule has 3 nitrogen and oxygen atoms in total. The van der Waals surface area contributed by atoms with Gasteiger partial charge in [-0.2, -0.15) is 0 Å². The van der Waals surface area contributed by atoms with Gasteiger partial charge in [0.1, 0.15) is 0 Å². The largest absolute Gasteiger partial charge is 0.466 e. The number of hydrogen-bond acceptors (Lipinski definition) is 3. The molecule has 0 radical (unpaired) electrons. The van der Waals surface area contributed by atoms with Gasteiger partial charge in [-0.3, -0.25) is 0 Å². The molecule has 1 unspecified atom stereocenters. The second-order valence-corrected chi connectivity index (χ2v) is 1.46. The molecule has 0 amide bonds. The molecule has 0 fully saturated rings. The van der Waals surface area contributed by atoms with Gasteiger partial charge in [0, 0.05) is 6.92 Å². The minimum Gasteiger partial charge on any atom is -0.466 e. The first-order valence-corrected chi connectivity index (χ1v) is 2.39. The molecule has 1 heterocycles. The van der Waals surface area contributed by atoms with Crippen molar-refractivity contribution >= 4 is 0 Å². The van der Waals surface area contributed by atoms with E-state index in [-0.39, 0.29) is 6.29 Å². The summed E-state index contributed by atoms with van der Waals surface area (Å²) in [6.07, 6.45) is 1.26. The van der Waals surface area contributed by atoms with Crippen LogP contribution in [0.4, 0.5) is 0 Å². The minimum absolute atomic E-state index is 0.190. The summed E-state index contributed by atoms with van der Waals surface area (Å²) in [5.74, 6) is 0.442. The van der Waals surface area contributed by atoms with Crippen LogP contribution in [0.5, 0.6) is 0 Å². The Kier molecular flexibility index (Phi) is 1.28. The second kappa shape index (κ2) is 1.94. The Bertz CT molecular complexity index is 108. The number of ether oxygens (including phenoxy) is 3. The zero-order chi connectivity index (χ0) is 5.98. The zero-order valence-electron chi connectivity index (χ0n) is 4.88. The lowest BCUT2D eigenvalue weighted by molar-refractivity contribution is -0.0509. The molecule has 1 aliphatic rings. The van der Waals surface area contributed by atoms with Crippen LogP contribution in [0.1, 0.15) is 6.92 Å². The van der Waals surface area contributed by atoms with Gasteiger partial charge in [-0.05, 0) is 0 Å². The first kappa shape index (κ1) is 5.28. The molecule has 46 valence electrons. The molecule has 0 spiro atoms. The van der Waals surface area contributed by atoms with Gasteiger partial charge in [-0.15, -0.1) is 0 Å². The lowest BCUT2D eigenvalue weighted by Crippen LogP contribution is -2.00. The van der Waals surface area contributed by atoms with E-state index in [4.69, 9.17) is 14.2 Å². The van der Waals surface area contributed by atoms with E-state index >= 15 is 0 Å². The molecule has 0 saturated carbocycles. The van der Waals surface area contributed by atoms with Crippen LogP contribution in [0.25, 0.3) is 0 Å². The molecule has 1 rings (SSSR count). The van der Waals surface area contributed by atoms with E-state index in [0.29, 0.717) is 5.95 Å². The Morgan fingerprint density at radius 2 is 2.50 bits per heavy atom. The Balaban J connectivity index is 2.37. The number of hydrogen-bond donors (Lipinski definition) is 0. The fourth-order valence-electron chi connectivity index (χ4n) is 0.467. The average molecular weight is 116 g/mol. The van der Waals surface area contributed by atoms with E-state index in [1.165, 1.54) is 13.4 Å². The van der Waals surface area contributed by atoms with Crippen LogP contribution in [0.2, 0.25) is 0 Å². The minimum atomic E-state index is -0.190. The van der Waals surface area contributed by atoms with Crippen LogP contribution in [0.3, 0.4) is 0 Å². The van der Waals surface area contributed by atoms with Gasteiger partial charge in [0.25, 0.3) is 0 Å². The summed E-state index contributed by atoms with van der Waals surface area (Å²) in [5.41, 5.74) is 0. The maximum atomic E-state index is 4.93. The number of methoxy groups -OCH3 is 1. The highest BCUT2D eigenvalue weighted by molar-refractivity contribution is 4.80. The van der Waals surface area contributed by atoms with Crippen molar-refractivity contribution in [2.75, 3.05) is 7.11 Å². The van der Waals surface area contributed by atoms with E-state index in [1.807, 2.05) is 0 Å². The summed E-state index contributed by atoms with van der Waals surface area (Å²) in [7, 11) is 1.53. The first-order chi connectivity index (χ1) is 3.83. The van der Waals surface area contributed by atoms with Crippen LogP contribution in [0.15, 0.2) is 12.2 Å². The van der Waals surface area contributed by atoms with E-state index in [2.05, 4.69) is 0 Å². The summed E-state index contributed by atoms with van der Waals surface area (Å²) in [6.45, 7) is 1.79. The summed E-state index contributed by atoms with van der Waals surface area (Å²) in [6, 6.07) is 0. The van der Waals surface area contributed by atoms with Gasteiger partial charge in [-0.1, -0.05) is 0 Å². The topological polar surface area (TPSA) is 27.7 Å². The first-order valence-electron chi connectivity index (χ1n) is 2.39. The van der Waals surface area contributed by atoms with Gasteiger partial charge in [0.15, 0.2) is 6.26 Å². The highest BCUT2D eigenvalue weighted by Crippen LogP contribution is 2.12. The van der Waals surface area contributed by atoms with Crippen LogP contribution >= 0.6 is 0 Å². The molecule has 1 aliphatic heterocycles. The quantitative estimate of drug-likeness (QED) is 0.507. The summed E-state index contributed by atoms with van der Waals surface area (Å²) < 4.78 is 14.5. The van der Waals surface area contributed by atoms with Gasteiger partial charge in [0.2, 0.25) is 6.29 Å². The van der Waals surface area contributed by atoms with Crippen molar-refractivity contribution in [2.45, 2.75) is 13.2 Å². The average Bonchev–Trinajstić information content (AvgIpc) is 2.14. The van der Waals surface area contributed by atoms with Crippen molar-refractivity contribution in [1.29, 1.82) is 0 Å². The molecule has 0 N–H and O–H groups in total.